The lowest BCUT2D eigenvalue weighted by Gasteiger charge is -2.12. The monoisotopic (exact) mass is 599 g/mol. The number of nitrogen functional groups attached to an aromatic ring is 1. The molecule has 0 radical (unpaired) electrons. The number of fused-ring (bicyclic) bond motifs is 1. The Kier molecular flexibility index (Phi) is 10.2. The lowest BCUT2D eigenvalue weighted by Crippen LogP contribution is -2.16. The van der Waals surface area contributed by atoms with Crippen molar-refractivity contribution in [1.82, 2.24) is 9.97 Å². The number of anilines is 2. The van der Waals surface area contributed by atoms with Crippen LogP contribution in [0.3, 0.4) is 0 Å². The van der Waals surface area contributed by atoms with Gasteiger partial charge in [-0.15, -0.1) is 6.42 Å². The number of carbonyl (C=O) groups is 3. The van der Waals surface area contributed by atoms with E-state index in [0.717, 1.165) is 10.9 Å². The number of nitrogens with one attached hydrogen (secondary N) is 1. The number of benzene rings is 4. The summed E-state index contributed by atoms with van der Waals surface area (Å²) in [7, 11) is 0. The molecule has 0 saturated heterocycles. The van der Waals surface area contributed by atoms with Crippen molar-refractivity contribution in [3.05, 3.63) is 114 Å². The van der Waals surface area contributed by atoms with Crippen molar-refractivity contribution in [2.24, 2.45) is 5.73 Å². The van der Waals surface area contributed by atoms with Crippen molar-refractivity contribution < 1.29 is 19.1 Å². The van der Waals surface area contributed by atoms with Crippen LogP contribution in [0.5, 0.6) is 5.75 Å². The van der Waals surface area contributed by atoms with Crippen LogP contribution in [0.4, 0.5) is 11.4 Å². The third-order valence-electron chi connectivity index (χ3n) is 6.74. The van der Waals surface area contributed by atoms with Gasteiger partial charge in [-0.1, -0.05) is 62.2 Å². The molecule has 0 aliphatic rings. The van der Waals surface area contributed by atoms with Gasteiger partial charge in [-0.05, 0) is 66.9 Å². The number of hydrogen-bond donors (Lipinski definition) is 3. The molecule has 0 spiro atoms. The number of nitrogens with zero attached hydrogens (tertiary/aromatic N) is 2. The number of ketones is 1. The second kappa shape index (κ2) is 14.4. The first-order valence-corrected chi connectivity index (χ1v) is 14.1. The molecule has 4 aromatic carbocycles. The molecular weight excluding hydrogens is 566 g/mol. The van der Waals surface area contributed by atoms with E-state index in [-0.39, 0.29) is 18.2 Å². The fraction of sp³-hybridized carbons (Fsp3) is 0.139. The Balaban J connectivity index is 0.000000392. The Morgan fingerprint density at radius 1 is 0.911 bits per heavy atom. The molecule has 9 heteroatoms. The molecule has 0 aliphatic carbocycles. The van der Waals surface area contributed by atoms with Gasteiger partial charge in [0.15, 0.2) is 5.78 Å². The summed E-state index contributed by atoms with van der Waals surface area (Å²) in [4.78, 5) is 44.5. The zero-order chi connectivity index (χ0) is 32.5. The van der Waals surface area contributed by atoms with Crippen LogP contribution in [0.25, 0.3) is 22.2 Å². The number of carbonyl (C=O) groups excluding carboxylic acids is 3. The van der Waals surface area contributed by atoms with Crippen LogP contribution < -0.4 is 21.5 Å². The fourth-order valence-electron chi connectivity index (χ4n) is 4.36. The highest BCUT2D eigenvalue weighted by molar-refractivity contribution is 6.05. The predicted molar refractivity (Wildman–Crippen MR) is 177 cm³/mol. The van der Waals surface area contributed by atoms with Gasteiger partial charge in [-0.2, -0.15) is 0 Å². The van der Waals surface area contributed by atoms with E-state index in [2.05, 4.69) is 47.2 Å². The minimum absolute atomic E-state index is 0.0194. The Morgan fingerprint density at radius 2 is 1.62 bits per heavy atom. The minimum Gasteiger partial charge on any atom is -0.481 e. The zero-order valence-electron chi connectivity index (χ0n) is 25.2. The molecule has 0 saturated carbocycles. The molecule has 0 unspecified atom stereocenters. The summed E-state index contributed by atoms with van der Waals surface area (Å²) in [5.41, 5.74) is 15.6. The van der Waals surface area contributed by atoms with Crippen LogP contribution in [0.15, 0.2) is 91.0 Å². The van der Waals surface area contributed by atoms with Crippen molar-refractivity contribution in [3.8, 4) is 29.4 Å². The van der Waals surface area contributed by atoms with Crippen LogP contribution in [0.2, 0.25) is 0 Å². The zero-order valence-corrected chi connectivity index (χ0v) is 25.2. The molecule has 5 rings (SSSR count). The molecule has 0 fully saturated rings. The Labute approximate surface area is 261 Å². The largest absolute Gasteiger partial charge is 0.481 e. The summed E-state index contributed by atoms with van der Waals surface area (Å²) in [5, 5.41) is 3.54. The van der Waals surface area contributed by atoms with Crippen molar-refractivity contribution in [2.75, 3.05) is 17.7 Å². The van der Waals surface area contributed by atoms with Crippen molar-refractivity contribution in [3.63, 3.8) is 0 Å². The highest BCUT2D eigenvalue weighted by Crippen LogP contribution is 2.30. The van der Waals surface area contributed by atoms with Gasteiger partial charge in [0, 0.05) is 33.5 Å². The third kappa shape index (κ3) is 8.30. The van der Waals surface area contributed by atoms with Gasteiger partial charge in [0.25, 0.3) is 5.91 Å². The van der Waals surface area contributed by atoms with Crippen LogP contribution in [-0.2, 0) is 0 Å². The number of Topliss-reactive ketones (excluding diaryl/α,β-unsaturated/α-hetero) is 1. The number of ether oxygens (including phenoxy) is 1. The topological polar surface area (TPSA) is 150 Å². The van der Waals surface area contributed by atoms with Crippen LogP contribution in [0.1, 0.15) is 63.6 Å². The highest BCUT2D eigenvalue weighted by atomic mass is 16.5. The van der Waals surface area contributed by atoms with E-state index in [0.29, 0.717) is 45.4 Å². The quantitative estimate of drug-likeness (QED) is 0.108. The summed E-state index contributed by atoms with van der Waals surface area (Å²) >= 11 is 0. The van der Waals surface area contributed by atoms with Gasteiger partial charge in [0.05, 0.1) is 11.2 Å². The molecule has 45 heavy (non-hydrogen) atoms. The lowest BCUT2D eigenvalue weighted by atomic mass is 9.99. The van der Waals surface area contributed by atoms with Crippen molar-refractivity contribution in [1.29, 1.82) is 0 Å². The SMILES string of the molecule is C#CCOc1ccc2nc(C(=O)Nc3cccc(C(C)=O)c3)nc(-c3ccc(C(C)C)cc3)c2c1.NC(=O)c1cccc(N)c1. The highest BCUT2D eigenvalue weighted by Gasteiger charge is 2.17. The number of terminal acetylenes is 1. The van der Waals surface area contributed by atoms with Gasteiger partial charge in [-0.3, -0.25) is 14.4 Å². The Morgan fingerprint density at radius 3 is 2.24 bits per heavy atom. The van der Waals surface area contributed by atoms with Crippen LogP contribution in [0, 0.1) is 12.3 Å². The third-order valence-corrected chi connectivity index (χ3v) is 6.74. The summed E-state index contributed by atoms with van der Waals surface area (Å²) < 4.78 is 5.59. The summed E-state index contributed by atoms with van der Waals surface area (Å²) in [6.07, 6.45) is 5.33. The first kappa shape index (κ1) is 31.9. The Bertz CT molecular complexity index is 1910. The van der Waals surface area contributed by atoms with Crippen LogP contribution in [-0.4, -0.2) is 34.2 Å². The predicted octanol–water partition coefficient (Wildman–Crippen LogP) is 6.25. The second-order valence-corrected chi connectivity index (χ2v) is 10.4. The maximum Gasteiger partial charge on any atom is 0.293 e. The molecule has 1 heterocycles. The van der Waals surface area contributed by atoms with Gasteiger partial charge < -0.3 is 21.5 Å². The normalized spacial score (nSPS) is 10.4. The molecule has 0 atom stereocenters. The molecule has 1 aromatic heterocycles. The van der Waals surface area contributed by atoms with E-state index in [9.17, 15) is 14.4 Å². The lowest BCUT2D eigenvalue weighted by molar-refractivity contribution is 0.0995. The molecule has 5 aromatic rings. The number of amides is 2. The van der Waals surface area contributed by atoms with E-state index < -0.39 is 11.8 Å². The molecule has 226 valence electrons. The average Bonchev–Trinajstić information content (AvgIpc) is 3.03. The molecule has 0 aliphatic heterocycles. The molecule has 0 bridgehead atoms. The molecule has 9 nitrogen and oxygen atoms in total. The van der Waals surface area contributed by atoms with Gasteiger partial charge >= 0.3 is 0 Å². The van der Waals surface area contributed by atoms with E-state index in [1.54, 1.807) is 60.7 Å². The van der Waals surface area contributed by atoms with E-state index in [4.69, 9.17) is 22.6 Å². The van der Waals surface area contributed by atoms with Crippen molar-refractivity contribution >= 4 is 39.9 Å². The van der Waals surface area contributed by atoms with E-state index >= 15 is 0 Å². The molecular formula is C36H33N5O4. The number of nitrogens with two attached hydrogens (primary N) is 2. The Hall–Kier alpha value is -6.01. The standard InChI is InChI=1S/C29H25N3O3.C7H8N2O/c1-5-15-35-24-13-14-26-25(17-24)27(21-11-9-20(10-12-21)18(2)3)32-28(31-26)29(34)30-23-8-6-7-22(16-23)19(4)33;8-6-3-1-2-5(4-6)7(9)10/h1,6-14,16-18H,15H2,2-4H3,(H,30,34);1-4H,8H2,(H2,9,10). The first-order chi connectivity index (χ1) is 21.5. The molecule has 5 N–H and O–H groups in total. The maximum absolute atomic E-state index is 13.1. The van der Waals surface area contributed by atoms with E-state index in [1.807, 2.05) is 18.2 Å². The second-order valence-electron chi connectivity index (χ2n) is 10.4. The number of aromatic nitrogens is 2. The number of rotatable bonds is 8. The van der Waals surface area contributed by atoms with Gasteiger partial charge in [0.2, 0.25) is 11.7 Å². The van der Waals surface area contributed by atoms with Crippen molar-refractivity contribution in [2.45, 2.75) is 26.7 Å². The smallest absolute Gasteiger partial charge is 0.293 e. The summed E-state index contributed by atoms with van der Waals surface area (Å²) in [6.45, 7) is 5.89. The molecule has 2 amide bonds. The van der Waals surface area contributed by atoms with E-state index in [1.165, 1.54) is 12.5 Å². The van der Waals surface area contributed by atoms with Gasteiger partial charge in [-0.25, -0.2) is 9.97 Å². The number of hydrogen-bond acceptors (Lipinski definition) is 7. The minimum atomic E-state index is -0.472. The number of primary amides is 1. The van der Waals surface area contributed by atoms with Crippen LogP contribution >= 0.6 is 0 Å². The van der Waals surface area contributed by atoms with Gasteiger partial charge in [0.1, 0.15) is 12.4 Å². The maximum atomic E-state index is 13.1. The average molecular weight is 600 g/mol. The summed E-state index contributed by atoms with van der Waals surface area (Å²) in [6, 6.07) is 26.8. The first-order valence-electron chi connectivity index (χ1n) is 14.1. The summed E-state index contributed by atoms with van der Waals surface area (Å²) in [5.74, 6) is 2.45. The fourth-order valence-corrected chi connectivity index (χ4v) is 4.36.